The predicted molar refractivity (Wildman–Crippen MR) is 98.0 cm³/mol. The van der Waals surface area contributed by atoms with Crippen molar-refractivity contribution in [2.45, 2.75) is 6.42 Å². The number of carbonyl (C=O) groups excluding carboxylic acids is 3. The van der Waals surface area contributed by atoms with Crippen molar-refractivity contribution in [2.75, 3.05) is 13.2 Å². The van der Waals surface area contributed by atoms with E-state index in [4.69, 9.17) is 4.74 Å². The van der Waals surface area contributed by atoms with Gasteiger partial charge in [-0.15, -0.1) is 0 Å². The average Bonchev–Trinajstić information content (AvgIpc) is 2.70. The van der Waals surface area contributed by atoms with Crippen molar-refractivity contribution < 1.29 is 24.0 Å². The van der Waals surface area contributed by atoms with Gasteiger partial charge in [-0.3, -0.25) is 35.3 Å². The van der Waals surface area contributed by atoms with Gasteiger partial charge in [-0.05, 0) is 11.6 Å². The lowest BCUT2D eigenvalue weighted by atomic mass is 10.1. The maximum absolute atomic E-state index is 11.7. The summed E-state index contributed by atoms with van der Waals surface area (Å²) in [6.45, 7) is -0.859. The fourth-order valence-corrected chi connectivity index (χ4v) is 2.12. The van der Waals surface area contributed by atoms with Gasteiger partial charge in [0.25, 0.3) is 11.8 Å². The van der Waals surface area contributed by atoms with Crippen molar-refractivity contribution in [1.82, 2.24) is 16.2 Å². The molecule has 0 atom stereocenters. The monoisotopic (exact) mass is 386 g/mol. The number of nitro groups is 1. The van der Waals surface area contributed by atoms with Crippen LogP contribution >= 0.6 is 0 Å². The number of hydrazine groups is 1. The van der Waals surface area contributed by atoms with Crippen LogP contribution in [0.15, 0.2) is 54.6 Å². The first-order valence-electron chi connectivity index (χ1n) is 8.20. The first-order chi connectivity index (χ1) is 13.5. The zero-order valence-corrected chi connectivity index (χ0v) is 14.7. The molecule has 146 valence electrons. The molecule has 0 radical (unpaired) electrons. The van der Waals surface area contributed by atoms with E-state index < -0.39 is 23.3 Å². The zero-order chi connectivity index (χ0) is 20.4. The van der Waals surface area contributed by atoms with Crippen LogP contribution in [0.5, 0.6) is 5.75 Å². The van der Waals surface area contributed by atoms with Gasteiger partial charge in [0.05, 0.1) is 17.9 Å². The van der Waals surface area contributed by atoms with Gasteiger partial charge >= 0.3 is 5.69 Å². The molecule has 0 aliphatic heterocycles. The number of nitro benzene ring substituents is 1. The number of ether oxygens (including phenoxy) is 1. The van der Waals surface area contributed by atoms with Gasteiger partial charge in [0.2, 0.25) is 5.91 Å². The number of amides is 3. The SMILES string of the molecule is O=C(Cc1ccccc1)NCC(=O)NNC(=O)COc1ccccc1[N+](=O)[O-]. The summed E-state index contributed by atoms with van der Waals surface area (Å²) in [6.07, 6.45) is 0.129. The summed E-state index contributed by atoms with van der Waals surface area (Å²) in [4.78, 5) is 45.3. The maximum atomic E-state index is 11.7. The Labute approximate surface area is 160 Å². The van der Waals surface area contributed by atoms with Crippen molar-refractivity contribution in [2.24, 2.45) is 0 Å². The number of hydrogen-bond donors (Lipinski definition) is 3. The Bertz CT molecular complexity index is 856. The summed E-state index contributed by atoms with van der Waals surface area (Å²) in [6, 6.07) is 14.6. The van der Waals surface area contributed by atoms with Crippen LogP contribution in [0.2, 0.25) is 0 Å². The third-order valence-electron chi connectivity index (χ3n) is 3.42. The largest absolute Gasteiger partial charge is 0.477 e. The molecule has 0 bridgehead atoms. The molecule has 0 fully saturated rings. The molecule has 10 heteroatoms. The lowest BCUT2D eigenvalue weighted by molar-refractivity contribution is -0.385. The highest BCUT2D eigenvalue weighted by molar-refractivity contribution is 5.87. The van der Waals surface area contributed by atoms with Gasteiger partial charge in [-0.2, -0.15) is 0 Å². The van der Waals surface area contributed by atoms with E-state index in [1.165, 1.54) is 24.3 Å². The molecular weight excluding hydrogens is 368 g/mol. The number of benzene rings is 2. The van der Waals surface area contributed by atoms with Crippen molar-refractivity contribution >= 4 is 23.4 Å². The Balaban J connectivity index is 1.67. The molecule has 3 amide bonds. The molecule has 0 saturated carbocycles. The maximum Gasteiger partial charge on any atom is 0.310 e. The minimum absolute atomic E-state index is 0.0675. The summed E-state index contributed by atoms with van der Waals surface area (Å²) < 4.78 is 5.08. The molecule has 0 unspecified atom stereocenters. The van der Waals surface area contributed by atoms with Crippen molar-refractivity contribution in [3.8, 4) is 5.75 Å². The summed E-state index contributed by atoms with van der Waals surface area (Å²) in [5.74, 6) is -1.77. The molecule has 2 aromatic carbocycles. The highest BCUT2D eigenvalue weighted by atomic mass is 16.6. The average molecular weight is 386 g/mol. The van der Waals surface area contributed by atoms with Crippen LogP contribution in [-0.4, -0.2) is 35.8 Å². The van der Waals surface area contributed by atoms with Gasteiger partial charge in [0.1, 0.15) is 0 Å². The van der Waals surface area contributed by atoms with Crippen LogP contribution in [-0.2, 0) is 20.8 Å². The predicted octanol–water partition coefficient (Wildman–Crippen LogP) is 0.480. The van der Waals surface area contributed by atoms with E-state index in [1.54, 1.807) is 24.3 Å². The van der Waals surface area contributed by atoms with Crippen molar-refractivity contribution in [3.63, 3.8) is 0 Å². The fraction of sp³-hybridized carbons (Fsp3) is 0.167. The Morgan fingerprint density at radius 2 is 1.54 bits per heavy atom. The molecule has 0 aliphatic rings. The third-order valence-corrected chi connectivity index (χ3v) is 3.42. The third kappa shape index (κ3) is 6.75. The Morgan fingerprint density at radius 3 is 2.25 bits per heavy atom. The molecule has 3 N–H and O–H groups in total. The number of rotatable bonds is 8. The van der Waals surface area contributed by atoms with E-state index in [0.29, 0.717) is 0 Å². The van der Waals surface area contributed by atoms with Crippen molar-refractivity contribution in [1.29, 1.82) is 0 Å². The lowest BCUT2D eigenvalue weighted by Crippen LogP contribution is -2.47. The van der Waals surface area contributed by atoms with E-state index >= 15 is 0 Å². The first-order valence-corrected chi connectivity index (χ1v) is 8.20. The molecule has 0 spiro atoms. The van der Waals surface area contributed by atoms with Crippen LogP contribution in [0.1, 0.15) is 5.56 Å². The van der Waals surface area contributed by atoms with Crippen LogP contribution in [0.3, 0.4) is 0 Å². The number of carbonyl (C=O) groups is 3. The topological polar surface area (TPSA) is 140 Å². The Hall–Kier alpha value is -3.95. The van der Waals surface area contributed by atoms with Gasteiger partial charge in [-0.25, -0.2) is 0 Å². The molecule has 0 saturated heterocycles. The second-order valence-corrected chi connectivity index (χ2v) is 5.55. The molecule has 28 heavy (non-hydrogen) atoms. The van der Waals surface area contributed by atoms with E-state index in [2.05, 4.69) is 16.2 Å². The Morgan fingerprint density at radius 1 is 0.893 bits per heavy atom. The summed E-state index contributed by atoms with van der Waals surface area (Å²) >= 11 is 0. The zero-order valence-electron chi connectivity index (χ0n) is 14.7. The Kier molecular flexibility index (Phi) is 7.46. The lowest BCUT2D eigenvalue weighted by Gasteiger charge is -2.09. The van der Waals surface area contributed by atoms with E-state index in [-0.39, 0.29) is 30.3 Å². The fourth-order valence-electron chi connectivity index (χ4n) is 2.12. The van der Waals surface area contributed by atoms with E-state index in [9.17, 15) is 24.5 Å². The summed E-state index contributed by atoms with van der Waals surface area (Å²) in [7, 11) is 0. The molecular formula is C18H18N4O6. The smallest absolute Gasteiger partial charge is 0.310 e. The summed E-state index contributed by atoms with van der Waals surface area (Å²) in [5, 5.41) is 13.3. The normalized spacial score (nSPS) is 9.86. The quantitative estimate of drug-likeness (QED) is 0.445. The minimum Gasteiger partial charge on any atom is -0.477 e. The molecule has 2 rings (SSSR count). The van der Waals surface area contributed by atoms with Gasteiger partial charge in [0.15, 0.2) is 12.4 Å². The van der Waals surface area contributed by atoms with Crippen LogP contribution < -0.4 is 20.9 Å². The van der Waals surface area contributed by atoms with Gasteiger partial charge < -0.3 is 10.1 Å². The molecule has 10 nitrogen and oxygen atoms in total. The molecule has 2 aromatic rings. The highest BCUT2D eigenvalue weighted by Crippen LogP contribution is 2.25. The minimum atomic E-state index is -0.720. The van der Waals surface area contributed by atoms with E-state index in [1.807, 2.05) is 6.07 Å². The van der Waals surface area contributed by atoms with Crippen molar-refractivity contribution in [3.05, 3.63) is 70.3 Å². The summed E-state index contributed by atoms with van der Waals surface area (Å²) in [5.41, 5.74) is 4.73. The first kappa shape index (κ1) is 20.4. The van der Waals surface area contributed by atoms with E-state index in [0.717, 1.165) is 5.56 Å². The molecule has 0 aromatic heterocycles. The van der Waals surface area contributed by atoms with Crippen LogP contribution in [0.25, 0.3) is 0 Å². The van der Waals surface area contributed by atoms with Gasteiger partial charge in [-0.1, -0.05) is 42.5 Å². The number of nitrogens with zero attached hydrogens (tertiary/aromatic N) is 1. The number of hydrogen-bond acceptors (Lipinski definition) is 6. The molecule has 0 aliphatic carbocycles. The standard InChI is InChI=1S/C18H18N4O6/c23-16(10-13-6-2-1-3-7-13)19-11-17(24)20-21-18(25)12-28-15-9-5-4-8-14(15)22(26)27/h1-9H,10-12H2,(H,19,23)(H,20,24)(H,21,25). The number of para-hydroxylation sites is 2. The second kappa shape index (κ2) is 10.3. The molecule has 0 heterocycles. The second-order valence-electron chi connectivity index (χ2n) is 5.55. The number of nitrogens with one attached hydrogen (secondary N) is 3. The highest BCUT2D eigenvalue weighted by Gasteiger charge is 2.15. The van der Waals surface area contributed by atoms with Crippen LogP contribution in [0, 0.1) is 10.1 Å². The van der Waals surface area contributed by atoms with Crippen LogP contribution in [0.4, 0.5) is 5.69 Å². The van der Waals surface area contributed by atoms with Gasteiger partial charge in [0, 0.05) is 6.07 Å².